The third-order valence-electron chi connectivity index (χ3n) is 2.50. The van der Waals surface area contributed by atoms with E-state index < -0.39 is 0 Å². The van der Waals surface area contributed by atoms with Gasteiger partial charge in [-0.3, -0.25) is 4.79 Å². The zero-order chi connectivity index (χ0) is 13.8. The van der Waals surface area contributed by atoms with Gasteiger partial charge in [-0.1, -0.05) is 23.7 Å². The largest absolute Gasteiger partial charge is 0.508 e. The van der Waals surface area contributed by atoms with Gasteiger partial charge in [0.25, 0.3) is 0 Å². The lowest BCUT2D eigenvalue weighted by atomic mass is 10.1. The smallest absolute Gasteiger partial charge is 0.228 e. The van der Waals surface area contributed by atoms with Gasteiger partial charge < -0.3 is 10.4 Å². The molecule has 5 heteroatoms. The van der Waals surface area contributed by atoms with Gasteiger partial charge in [-0.25, -0.2) is 0 Å². The van der Waals surface area contributed by atoms with Gasteiger partial charge in [0.2, 0.25) is 5.91 Å². The lowest BCUT2D eigenvalue weighted by Crippen LogP contribution is -2.14. The Kier molecular flexibility index (Phi) is 4.45. The number of nitrogens with one attached hydrogen (secondary N) is 1. The fraction of sp³-hybridized carbons (Fsp3) is 0.0714. The van der Waals surface area contributed by atoms with Gasteiger partial charge in [-0.2, -0.15) is 0 Å². The van der Waals surface area contributed by atoms with E-state index in [1.165, 1.54) is 0 Å². The quantitative estimate of drug-likeness (QED) is 0.887. The number of anilines is 1. The SMILES string of the molecule is O=C(Cc1ccc(O)cc1)Nc1ccc(Br)c(Cl)c1. The predicted octanol–water partition coefficient (Wildman–Crippen LogP) is 3.99. The van der Waals surface area contributed by atoms with Gasteiger partial charge in [0.05, 0.1) is 11.4 Å². The standard InChI is InChI=1S/C14H11BrClNO2/c15-12-6-3-10(8-13(12)16)17-14(19)7-9-1-4-11(18)5-2-9/h1-6,8,18H,7H2,(H,17,19). The highest BCUT2D eigenvalue weighted by atomic mass is 79.9. The fourth-order valence-corrected chi connectivity index (χ4v) is 2.01. The van der Waals surface area contributed by atoms with Crippen molar-refractivity contribution in [1.82, 2.24) is 0 Å². The van der Waals surface area contributed by atoms with Crippen LogP contribution in [0.4, 0.5) is 5.69 Å². The lowest BCUT2D eigenvalue weighted by molar-refractivity contribution is -0.115. The van der Waals surface area contributed by atoms with Gasteiger partial charge >= 0.3 is 0 Å². The minimum Gasteiger partial charge on any atom is -0.508 e. The molecule has 19 heavy (non-hydrogen) atoms. The maximum Gasteiger partial charge on any atom is 0.228 e. The van der Waals surface area contributed by atoms with Crippen molar-refractivity contribution in [2.24, 2.45) is 0 Å². The molecule has 2 aromatic rings. The molecule has 2 aromatic carbocycles. The normalized spacial score (nSPS) is 10.2. The third-order valence-corrected chi connectivity index (χ3v) is 3.74. The van der Waals surface area contributed by atoms with Crippen LogP contribution in [-0.4, -0.2) is 11.0 Å². The van der Waals surface area contributed by atoms with Crippen LogP contribution in [0.5, 0.6) is 5.75 Å². The molecule has 0 radical (unpaired) electrons. The topological polar surface area (TPSA) is 49.3 Å². The molecule has 0 unspecified atom stereocenters. The van der Waals surface area contributed by atoms with Crippen LogP contribution in [0.15, 0.2) is 46.9 Å². The maximum absolute atomic E-state index is 11.8. The highest BCUT2D eigenvalue weighted by molar-refractivity contribution is 9.10. The molecule has 98 valence electrons. The number of amides is 1. The van der Waals surface area contributed by atoms with Gasteiger partial charge in [0.15, 0.2) is 0 Å². The Morgan fingerprint density at radius 1 is 1.21 bits per heavy atom. The first-order chi connectivity index (χ1) is 9.04. The number of rotatable bonds is 3. The summed E-state index contributed by atoms with van der Waals surface area (Å²) in [6.07, 6.45) is 0.244. The Morgan fingerprint density at radius 2 is 1.89 bits per heavy atom. The zero-order valence-electron chi connectivity index (χ0n) is 9.86. The molecule has 2 N–H and O–H groups in total. The van der Waals surface area contributed by atoms with Crippen molar-refractivity contribution < 1.29 is 9.90 Å². The number of phenolic OH excluding ortho intramolecular Hbond substituents is 1. The summed E-state index contributed by atoms with van der Waals surface area (Å²) in [7, 11) is 0. The number of halogens is 2. The van der Waals surface area contributed by atoms with E-state index in [0.717, 1.165) is 10.0 Å². The first kappa shape index (κ1) is 13.9. The molecule has 2 rings (SSSR count). The number of carbonyl (C=O) groups is 1. The molecule has 0 bridgehead atoms. The summed E-state index contributed by atoms with van der Waals surface area (Å²) in [4.78, 5) is 11.8. The van der Waals surface area contributed by atoms with E-state index in [2.05, 4.69) is 21.2 Å². The van der Waals surface area contributed by atoms with Crippen LogP contribution in [0.1, 0.15) is 5.56 Å². The molecule has 0 heterocycles. The molecule has 0 spiro atoms. The Bertz CT molecular complexity index is 599. The van der Waals surface area contributed by atoms with Crippen LogP contribution in [0.2, 0.25) is 5.02 Å². The van der Waals surface area contributed by atoms with E-state index in [-0.39, 0.29) is 18.1 Å². The first-order valence-corrected chi connectivity index (χ1v) is 6.74. The number of hydrogen-bond donors (Lipinski definition) is 2. The van der Waals surface area contributed by atoms with Crippen LogP contribution in [0, 0.1) is 0 Å². The molecule has 0 aliphatic carbocycles. The Balaban J connectivity index is 2.01. The minimum atomic E-state index is -0.135. The summed E-state index contributed by atoms with van der Waals surface area (Å²) < 4.78 is 0.783. The fourth-order valence-electron chi connectivity index (χ4n) is 1.58. The third kappa shape index (κ3) is 3.98. The van der Waals surface area contributed by atoms with Crippen molar-refractivity contribution in [1.29, 1.82) is 0 Å². The Hall–Kier alpha value is -1.52. The second-order valence-corrected chi connectivity index (χ2v) is 5.28. The van der Waals surface area contributed by atoms with Crippen LogP contribution >= 0.6 is 27.5 Å². The van der Waals surface area contributed by atoms with E-state index in [1.54, 1.807) is 42.5 Å². The number of benzene rings is 2. The number of aromatic hydroxyl groups is 1. The van der Waals surface area contributed by atoms with Crippen LogP contribution in [0.3, 0.4) is 0 Å². The van der Waals surface area contributed by atoms with Crippen molar-refractivity contribution in [3.05, 3.63) is 57.5 Å². The zero-order valence-corrected chi connectivity index (χ0v) is 12.2. The molecule has 0 saturated heterocycles. The summed E-state index contributed by atoms with van der Waals surface area (Å²) in [6.45, 7) is 0. The molecule has 0 saturated carbocycles. The second-order valence-electron chi connectivity index (χ2n) is 4.02. The van der Waals surface area contributed by atoms with Crippen LogP contribution < -0.4 is 5.32 Å². The van der Waals surface area contributed by atoms with Gasteiger partial charge in [-0.05, 0) is 51.8 Å². The molecule has 3 nitrogen and oxygen atoms in total. The average Bonchev–Trinajstić information content (AvgIpc) is 2.37. The second kappa shape index (κ2) is 6.08. The van der Waals surface area contributed by atoms with Crippen molar-refractivity contribution in [3.63, 3.8) is 0 Å². The van der Waals surface area contributed by atoms with E-state index in [4.69, 9.17) is 16.7 Å². The minimum absolute atomic E-state index is 0.135. The number of hydrogen-bond acceptors (Lipinski definition) is 2. The van der Waals surface area contributed by atoms with Crippen molar-refractivity contribution in [2.75, 3.05) is 5.32 Å². The molecule has 0 fully saturated rings. The van der Waals surface area contributed by atoms with Gasteiger partial charge in [0.1, 0.15) is 5.75 Å². The summed E-state index contributed by atoms with van der Waals surface area (Å²) in [5.74, 6) is 0.0490. The summed E-state index contributed by atoms with van der Waals surface area (Å²) in [6, 6.07) is 11.8. The predicted molar refractivity (Wildman–Crippen MR) is 79.6 cm³/mol. The van der Waals surface area contributed by atoms with Gasteiger partial charge in [0, 0.05) is 10.2 Å². The monoisotopic (exact) mass is 339 g/mol. The summed E-state index contributed by atoms with van der Waals surface area (Å²) in [5, 5.41) is 12.5. The summed E-state index contributed by atoms with van der Waals surface area (Å²) >= 11 is 9.24. The maximum atomic E-state index is 11.8. The molecule has 0 aliphatic heterocycles. The molecule has 1 amide bonds. The molecule has 0 aromatic heterocycles. The molecular weight excluding hydrogens is 330 g/mol. The number of carbonyl (C=O) groups excluding carboxylic acids is 1. The first-order valence-electron chi connectivity index (χ1n) is 5.57. The van der Waals surface area contributed by atoms with Crippen LogP contribution in [0.25, 0.3) is 0 Å². The van der Waals surface area contributed by atoms with Crippen molar-refractivity contribution in [2.45, 2.75) is 6.42 Å². The number of phenols is 1. The Morgan fingerprint density at radius 3 is 2.53 bits per heavy atom. The Labute approximate surface area is 124 Å². The van der Waals surface area contributed by atoms with E-state index in [0.29, 0.717) is 10.7 Å². The lowest BCUT2D eigenvalue weighted by Gasteiger charge is -2.06. The molecule has 0 aliphatic rings. The highest BCUT2D eigenvalue weighted by Gasteiger charge is 2.05. The molecular formula is C14H11BrClNO2. The van der Waals surface area contributed by atoms with Gasteiger partial charge in [-0.15, -0.1) is 0 Å². The van der Waals surface area contributed by atoms with Crippen LogP contribution in [-0.2, 0) is 11.2 Å². The van der Waals surface area contributed by atoms with E-state index in [1.807, 2.05) is 0 Å². The van der Waals surface area contributed by atoms with Crippen molar-refractivity contribution >= 4 is 39.1 Å². The van der Waals surface area contributed by atoms with E-state index >= 15 is 0 Å². The average molecular weight is 341 g/mol. The highest BCUT2D eigenvalue weighted by Crippen LogP contribution is 2.25. The molecule has 0 atom stereocenters. The van der Waals surface area contributed by atoms with E-state index in [9.17, 15) is 4.79 Å². The summed E-state index contributed by atoms with van der Waals surface area (Å²) in [5.41, 5.74) is 1.48. The van der Waals surface area contributed by atoms with Crippen molar-refractivity contribution in [3.8, 4) is 5.75 Å².